The summed E-state index contributed by atoms with van der Waals surface area (Å²) in [5.74, 6) is 0. The normalized spacial score (nSPS) is 6.67. The van der Waals surface area contributed by atoms with Crippen molar-refractivity contribution in [2.45, 2.75) is 0 Å². The van der Waals surface area contributed by atoms with Crippen molar-refractivity contribution in [1.82, 2.24) is 0 Å². The minimum Gasteiger partial charge on any atom is -0.214 e. The molecule has 0 aliphatic rings. The SMILES string of the molecule is [W].c1cc[cH-]c1. The van der Waals surface area contributed by atoms with Gasteiger partial charge in [0.2, 0.25) is 0 Å². The summed E-state index contributed by atoms with van der Waals surface area (Å²) in [7, 11) is 0. The second-order valence-corrected chi connectivity index (χ2v) is 0.962. The van der Waals surface area contributed by atoms with Crippen molar-refractivity contribution in [3.63, 3.8) is 0 Å². The Morgan fingerprint density at radius 1 is 1.00 bits per heavy atom. The van der Waals surface area contributed by atoms with Crippen LogP contribution in [0.3, 0.4) is 0 Å². The Morgan fingerprint density at radius 2 is 1.50 bits per heavy atom. The van der Waals surface area contributed by atoms with Crippen LogP contribution in [0.4, 0.5) is 0 Å². The Balaban J connectivity index is 0.000000250. The first-order valence-electron chi connectivity index (χ1n) is 1.67. The van der Waals surface area contributed by atoms with Crippen molar-refractivity contribution in [3.05, 3.63) is 30.3 Å². The van der Waals surface area contributed by atoms with Crippen molar-refractivity contribution in [3.8, 4) is 0 Å². The largest absolute Gasteiger partial charge is 0.214 e. The molecule has 0 unspecified atom stereocenters. The third kappa shape index (κ3) is 1.47. The molecule has 0 heterocycles. The van der Waals surface area contributed by atoms with Gasteiger partial charge in [0.1, 0.15) is 0 Å². The molecular weight excluding hydrogens is 244 g/mol. The molecule has 1 heteroatoms. The Bertz CT molecular complexity index is 60.4. The summed E-state index contributed by atoms with van der Waals surface area (Å²) in [6, 6.07) is 10.0. The summed E-state index contributed by atoms with van der Waals surface area (Å²) in [6.45, 7) is 0. The molecule has 0 bridgehead atoms. The first kappa shape index (κ1) is 6.04. The molecule has 0 atom stereocenters. The molecule has 0 saturated heterocycles. The zero-order valence-corrected chi connectivity index (χ0v) is 6.23. The summed E-state index contributed by atoms with van der Waals surface area (Å²) in [6.07, 6.45) is 0. The molecule has 32 valence electrons. The summed E-state index contributed by atoms with van der Waals surface area (Å²) >= 11 is 0. The molecule has 1 aromatic carbocycles. The van der Waals surface area contributed by atoms with E-state index in [9.17, 15) is 0 Å². The van der Waals surface area contributed by atoms with E-state index in [-0.39, 0.29) is 21.1 Å². The van der Waals surface area contributed by atoms with Gasteiger partial charge in [-0.3, -0.25) is 0 Å². The summed E-state index contributed by atoms with van der Waals surface area (Å²) in [5.41, 5.74) is 0. The van der Waals surface area contributed by atoms with Gasteiger partial charge >= 0.3 is 0 Å². The van der Waals surface area contributed by atoms with E-state index in [0.29, 0.717) is 0 Å². The molecule has 0 N–H and O–H groups in total. The standard InChI is InChI=1S/C5H5.W/c1-2-4-5-3-1;/h1-5H;/q-1;. The first-order chi connectivity index (χ1) is 2.50. The molecule has 0 aromatic heterocycles. The second-order valence-electron chi connectivity index (χ2n) is 0.962. The topological polar surface area (TPSA) is 0 Å². The van der Waals surface area contributed by atoms with Gasteiger partial charge in [0, 0.05) is 21.1 Å². The van der Waals surface area contributed by atoms with Gasteiger partial charge in [0.15, 0.2) is 0 Å². The molecule has 0 amide bonds. The van der Waals surface area contributed by atoms with Crippen molar-refractivity contribution >= 4 is 0 Å². The maximum absolute atomic E-state index is 2.00. The van der Waals surface area contributed by atoms with Gasteiger partial charge in [-0.1, -0.05) is 0 Å². The molecule has 1 aromatic rings. The Labute approximate surface area is 51.8 Å². The first-order valence-corrected chi connectivity index (χ1v) is 1.67. The van der Waals surface area contributed by atoms with E-state index in [1.54, 1.807) is 0 Å². The fourth-order valence-electron chi connectivity index (χ4n) is 0.321. The number of rotatable bonds is 0. The van der Waals surface area contributed by atoms with Crippen LogP contribution in [0.15, 0.2) is 30.3 Å². The van der Waals surface area contributed by atoms with Crippen LogP contribution in [0.2, 0.25) is 0 Å². The third-order valence-electron chi connectivity index (χ3n) is 0.556. The predicted octanol–water partition coefficient (Wildman–Crippen LogP) is 1.40. The molecule has 0 radical (unpaired) electrons. The summed E-state index contributed by atoms with van der Waals surface area (Å²) < 4.78 is 0. The van der Waals surface area contributed by atoms with E-state index >= 15 is 0 Å². The minimum atomic E-state index is 0. The van der Waals surface area contributed by atoms with Crippen LogP contribution in [0, 0.1) is 0 Å². The molecule has 0 nitrogen and oxygen atoms in total. The van der Waals surface area contributed by atoms with Gasteiger partial charge < -0.3 is 0 Å². The molecular formula is C5H5W-. The zero-order chi connectivity index (χ0) is 3.54. The zero-order valence-electron chi connectivity index (χ0n) is 3.29. The molecule has 0 saturated carbocycles. The summed E-state index contributed by atoms with van der Waals surface area (Å²) in [4.78, 5) is 0. The van der Waals surface area contributed by atoms with E-state index in [2.05, 4.69) is 0 Å². The van der Waals surface area contributed by atoms with Crippen molar-refractivity contribution in [2.75, 3.05) is 0 Å². The van der Waals surface area contributed by atoms with Crippen LogP contribution in [-0.2, 0) is 21.1 Å². The average Bonchev–Trinajstić information content (AvgIpc) is 1.76. The van der Waals surface area contributed by atoms with Gasteiger partial charge in [-0.05, 0) is 0 Å². The summed E-state index contributed by atoms with van der Waals surface area (Å²) in [5, 5.41) is 0. The fraction of sp³-hybridized carbons (Fsp3) is 0. The van der Waals surface area contributed by atoms with Gasteiger partial charge in [-0.25, -0.2) is 12.1 Å². The van der Waals surface area contributed by atoms with E-state index < -0.39 is 0 Å². The number of hydrogen-bond acceptors (Lipinski definition) is 0. The molecule has 1 rings (SSSR count). The Kier molecular flexibility index (Phi) is 3.26. The second kappa shape index (κ2) is 3.24. The van der Waals surface area contributed by atoms with Gasteiger partial charge in [0.25, 0.3) is 0 Å². The van der Waals surface area contributed by atoms with Gasteiger partial charge in [0.05, 0.1) is 0 Å². The quantitative estimate of drug-likeness (QED) is 0.609. The van der Waals surface area contributed by atoms with Crippen LogP contribution < -0.4 is 0 Å². The fourth-order valence-corrected chi connectivity index (χ4v) is 0.321. The van der Waals surface area contributed by atoms with Gasteiger partial charge in [-0.15, -0.1) is 0 Å². The average molecular weight is 249 g/mol. The monoisotopic (exact) mass is 249 g/mol. The molecule has 0 spiro atoms. The third-order valence-corrected chi connectivity index (χ3v) is 0.556. The van der Waals surface area contributed by atoms with Crippen LogP contribution in [0.5, 0.6) is 0 Å². The van der Waals surface area contributed by atoms with E-state index in [4.69, 9.17) is 0 Å². The van der Waals surface area contributed by atoms with Gasteiger partial charge in [-0.2, -0.15) is 18.2 Å². The van der Waals surface area contributed by atoms with E-state index in [1.807, 2.05) is 30.3 Å². The van der Waals surface area contributed by atoms with E-state index in [0.717, 1.165) is 0 Å². The minimum absolute atomic E-state index is 0. The Hall–Kier alpha value is 0.0383. The number of hydrogen-bond donors (Lipinski definition) is 0. The molecule has 6 heavy (non-hydrogen) atoms. The van der Waals surface area contributed by atoms with Crippen LogP contribution in [0.1, 0.15) is 0 Å². The van der Waals surface area contributed by atoms with Crippen molar-refractivity contribution in [2.24, 2.45) is 0 Å². The van der Waals surface area contributed by atoms with E-state index in [1.165, 1.54) is 0 Å². The molecule has 0 aliphatic heterocycles. The van der Waals surface area contributed by atoms with Crippen molar-refractivity contribution < 1.29 is 21.1 Å². The molecule has 0 fully saturated rings. The van der Waals surface area contributed by atoms with Crippen LogP contribution in [-0.4, -0.2) is 0 Å². The maximum Gasteiger partial charge on any atom is 0 e. The van der Waals surface area contributed by atoms with Crippen LogP contribution >= 0.6 is 0 Å². The molecule has 0 aliphatic carbocycles. The van der Waals surface area contributed by atoms with Crippen LogP contribution in [0.25, 0.3) is 0 Å². The maximum atomic E-state index is 2.00. The predicted molar refractivity (Wildman–Crippen MR) is 22.0 cm³/mol. The van der Waals surface area contributed by atoms with Crippen molar-refractivity contribution in [1.29, 1.82) is 0 Å². The smallest absolute Gasteiger partial charge is 0 e. The Morgan fingerprint density at radius 3 is 1.67 bits per heavy atom.